The van der Waals surface area contributed by atoms with E-state index in [-0.39, 0.29) is 11.8 Å². The molecule has 0 saturated heterocycles. The molecule has 7 heteroatoms. The summed E-state index contributed by atoms with van der Waals surface area (Å²) in [6, 6.07) is 17.5. The summed E-state index contributed by atoms with van der Waals surface area (Å²) in [7, 11) is 3.16. The van der Waals surface area contributed by atoms with Crippen LogP contribution in [0.4, 0.5) is 0 Å². The van der Waals surface area contributed by atoms with Crippen LogP contribution in [-0.2, 0) is 4.79 Å². The van der Waals surface area contributed by atoms with Gasteiger partial charge in [0.15, 0.2) is 11.5 Å². The first-order chi connectivity index (χ1) is 15.8. The number of para-hydroxylation sites is 1. The van der Waals surface area contributed by atoms with Crippen molar-refractivity contribution < 1.29 is 14.3 Å². The van der Waals surface area contributed by atoms with Gasteiger partial charge in [0.25, 0.3) is 0 Å². The van der Waals surface area contributed by atoms with Crippen LogP contribution in [0, 0.1) is 17.2 Å². The zero-order valence-corrected chi connectivity index (χ0v) is 19.5. The number of nitriles is 1. The Hall–Kier alpha value is -4.05. The molecule has 7 nitrogen and oxygen atoms in total. The zero-order chi connectivity index (χ0) is 24.0. The van der Waals surface area contributed by atoms with E-state index in [9.17, 15) is 10.1 Å². The van der Waals surface area contributed by atoms with Crippen LogP contribution in [0.2, 0.25) is 0 Å². The third-order valence-corrected chi connectivity index (χ3v) is 5.60. The van der Waals surface area contributed by atoms with E-state index >= 15 is 0 Å². The SMILES string of the molecule is COc1ccc(-c2nn(-c3ccccc3)cc2/C=C/C(=O)NC(C)(C#N)C(C)C)cc1OC. The highest BCUT2D eigenvalue weighted by Gasteiger charge is 2.29. The molecular formula is C26H28N4O3. The minimum Gasteiger partial charge on any atom is -0.493 e. The maximum atomic E-state index is 12.6. The average molecular weight is 445 g/mol. The fourth-order valence-electron chi connectivity index (χ4n) is 3.19. The molecule has 2 aromatic carbocycles. The van der Waals surface area contributed by atoms with Crippen molar-refractivity contribution in [1.29, 1.82) is 5.26 Å². The maximum Gasteiger partial charge on any atom is 0.245 e. The number of ether oxygens (including phenoxy) is 2. The number of benzene rings is 2. The number of rotatable bonds is 8. The highest BCUT2D eigenvalue weighted by Crippen LogP contribution is 2.33. The number of amides is 1. The van der Waals surface area contributed by atoms with E-state index in [1.54, 1.807) is 31.9 Å². The van der Waals surface area contributed by atoms with Crippen LogP contribution in [0.5, 0.6) is 11.5 Å². The minimum atomic E-state index is -0.957. The average Bonchev–Trinajstić information content (AvgIpc) is 3.27. The molecule has 1 amide bonds. The quantitative estimate of drug-likeness (QED) is 0.512. The van der Waals surface area contributed by atoms with Crippen molar-refractivity contribution >= 4 is 12.0 Å². The molecule has 0 spiro atoms. The molecule has 0 fully saturated rings. The van der Waals surface area contributed by atoms with Gasteiger partial charge in [-0.15, -0.1) is 0 Å². The monoisotopic (exact) mass is 444 g/mol. The van der Waals surface area contributed by atoms with Gasteiger partial charge < -0.3 is 14.8 Å². The first-order valence-corrected chi connectivity index (χ1v) is 10.6. The summed E-state index contributed by atoms with van der Waals surface area (Å²) in [5.74, 6) is 0.810. The molecule has 3 rings (SSSR count). The van der Waals surface area contributed by atoms with Crippen molar-refractivity contribution in [3.63, 3.8) is 0 Å². The van der Waals surface area contributed by atoms with Crippen LogP contribution in [0.1, 0.15) is 26.3 Å². The number of hydrogen-bond acceptors (Lipinski definition) is 5. The van der Waals surface area contributed by atoms with Crippen LogP contribution in [0.3, 0.4) is 0 Å². The number of hydrogen-bond donors (Lipinski definition) is 1. The largest absolute Gasteiger partial charge is 0.493 e. The lowest BCUT2D eigenvalue weighted by molar-refractivity contribution is -0.118. The first-order valence-electron chi connectivity index (χ1n) is 10.6. The molecule has 170 valence electrons. The smallest absolute Gasteiger partial charge is 0.245 e. The van der Waals surface area contributed by atoms with Gasteiger partial charge in [-0.05, 0) is 49.2 Å². The van der Waals surface area contributed by atoms with E-state index in [1.165, 1.54) is 6.08 Å². The molecule has 1 aromatic heterocycles. The topological polar surface area (TPSA) is 89.2 Å². The number of carbonyl (C=O) groups excluding carboxylic acids is 1. The molecule has 0 aliphatic carbocycles. The van der Waals surface area contributed by atoms with E-state index in [0.717, 1.165) is 16.8 Å². The molecule has 0 aliphatic heterocycles. The second-order valence-corrected chi connectivity index (χ2v) is 8.07. The van der Waals surface area contributed by atoms with Crippen LogP contribution in [0.25, 0.3) is 23.0 Å². The molecular weight excluding hydrogens is 416 g/mol. The van der Waals surface area contributed by atoms with Gasteiger partial charge in [-0.1, -0.05) is 32.0 Å². The molecule has 0 aliphatic rings. The maximum absolute atomic E-state index is 12.6. The Morgan fingerprint density at radius 1 is 1.15 bits per heavy atom. The van der Waals surface area contributed by atoms with Gasteiger partial charge in [-0.25, -0.2) is 4.68 Å². The van der Waals surface area contributed by atoms with E-state index < -0.39 is 5.54 Å². The van der Waals surface area contributed by atoms with Crippen LogP contribution < -0.4 is 14.8 Å². The van der Waals surface area contributed by atoms with Gasteiger partial charge in [-0.3, -0.25) is 4.79 Å². The number of nitrogens with zero attached hydrogens (tertiary/aromatic N) is 3. The van der Waals surface area contributed by atoms with Gasteiger partial charge >= 0.3 is 0 Å². The van der Waals surface area contributed by atoms with Crippen molar-refractivity contribution in [2.45, 2.75) is 26.3 Å². The van der Waals surface area contributed by atoms with Crippen molar-refractivity contribution in [3.8, 4) is 34.5 Å². The molecule has 0 bridgehead atoms. The predicted octanol–water partition coefficient (Wildman–Crippen LogP) is 4.62. The molecule has 1 heterocycles. The fraction of sp³-hybridized carbons (Fsp3) is 0.269. The van der Waals surface area contributed by atoms with Crippen LogP contribution in [-0.4, -0.2) is 35.4 Å². The van der Waals surface area contributed by atoms with Crippen LogP contribution in [0.15, 0.2) is 60.8 Å². The molecule has 1 N–H and O–H groups in total. The second kappa shape index (κ2) is 10.0. The normalized spacial score (nSPS) is 12.9. The minimum absolute atomic E-state index is 0.0389. The third kappa shape index (κ3) is 5.24. The Morgan fingerprint density at radius 3 is 2.45 bits per heavy atom. The number of aromatic nitrogens is 2. The van der Waals surface area contributed by atoms with E-state index in [2.05, 4.69) is 11.4 Å². The first kappa shape index (κ1) is 23.6. The zero-order valence-electron chi connectivity index (χ0n) is 19.5. The fourth-order valence-corrected chi connectivity index (χ4v) is 3.19. The lowest BCUT2D eigenvalue weighted by Crippen LogP contribution is -2.48. The summed E-state index contributed by atoms with van der Waals surface area (Å²) in [6.07, 6.45) is 4.98. The summed E-state index contributed by atoms with van der Waals surface area (Å²) in [5, 5.41) is 17.0. The Labute approximate surface area is 194 Å². The summed E-state index contributed by atoms with van der Waals surface area (Å²) < 4.78 is 12.5. The number of carbonyl (C=O) groups is 1. The van der Waals surface area contributed by atoms with Gasteiger partial charge in [0, 0.05) is 23.4 Å². The van der Waals surface area contributed by atoms with Crippen molar-refractivity contribution in [2.75, 3.05) is 14.2 Å². The second-order valence-electron chi connectivity index (χ2n) is 8.07. The van der Waals surface area contributed by atoms with Crippen LogP contribution >= 0.6 is 0 Å². The van der Waals surface area contributed by atoms with E-state index in [4.69, 9.17) is 14.6 Å². The molecule has 3 aromatic rings. The summed E-state index contributed by atoms with van der Waals surface area (Å²) in [5.41, 5.74) is 2.16. The summed E-state index contributed by atoms with van der Waals surface area (Å²) in [6.45, 7) is 5.50. The highest BCUT2D eigenvalue weighted by molar-refractivity contribution is 5.93. The predicted molar refractivity (Wildman–Crippen MR) is 128 cm³/mol. The van der Waals surface area contributed by atoms with Gasteiger partial charge in [0.1, 0.15) is 11.2 Å². The van der Waals surface area contributed by atoms with Gasteiger partial charge in [0.2, 0.25) is 5.91 Å². The Morgan fingerprint density at radius 2 is 1.85 bits per heavy atom. The third-order valence-electron chi connectivity index (χ3n) is 5.60. The molecule has 33 heavy (non-hydrogen) atoms. The lowest BCUT2D eigenvalue weighted by atomic mass is 9.90. The standard InChI is InChI=1S/C26H28N4O3/c1-18(2)26(3,17-27)28-24(31)14-12-20-16-30(21-9-7-6-8-10-21)29-25(20)19-11-13-22(32-4)23(15-19)33-5/h6-16,18H,1-5H3,(H,28,31)/b14-12+. The lowest BCUT2D eigenvalue weighted by Gasteiger charge is -2.26. The van der Waals surface area contributed by atoms with Gasteiger partial charge in [0.05, 0.1) is 26.0 Å². The Balaban J connectivity index is 2.02. The number of methoxy groups -OCH3 is 2. The van der Waals surface area contributed by atoms with E-state index in [1.807, 2.05) is 68.6 Å². The summed E-state index contributed by atoms with van der Waals surface area (Å²) >= 11 is 0. The molecule has 1 atom stereocenters. The molecule has 1 unspecified atom stereocenters. The van der Waals surface area contributed by atoms with Crippen molar-refractivity contribution in [1.82, 2.24) is 15.1 Å². The van der Waals surface area contributed by atoms with Crippen molar-refractivity contribution in [3.05, 3.63) is 66.4 Å². The number of nitrogens with one attached hydrogen (secondary N) is 1. The van der Waals surface area contributed by atoms with E-state index in [0.29, 0.717) is 17.2 Å². The Kier molecular flexibility index (Phi) is 7.19. The molecule has 0 radical (unpaired) electrons. The Bertz CT molecular complexity index is 1190. The van der Waals surface area contributed by atoms with Crippen molar-refractivity contribution in [2.24, 2.45) is 5.92 Å². The highest BCUT2D eigenvalue weighted by atomic mass is 16.5. The molecule has 0 saturated carbocycles. The summed E-state index contributed by atoms with van der Waals surface area (Å²) in [4.78, 5) is 12.6. The van der Waals surface area contributed by atoms with Gasteiger partial charge in [-0.2, -0.15) is 10.4 Å².